The summed E-state index contributed by atoms with van der Waals surface area (Å²) in [5.74, 6) is 0.369. The van der Waals surface area contributed by atoms with E-state index in [1.54, 1.807) is 28.8 Å². The van der Waals surface area contributed by atoms with Crippen LogP contribution in [0.3, 0.4) is 0 Å². The maximum absolute atomic E-state index is 13.1. The topological polar surface area (TPSA) is 77.0 Å². The summed E-state index contributed by atoms with van der Waals surface area (Å²) in [6.07, 6.45) is 3.59. The fraction of sp³-hybridized carbons (Fsp3) is 0.263. The predicted molar refractivity (Wildman–Crippen MR) is 104 cm³/mol. The first-order valence-corrected chi connectivity index (χ1v) is 9.43. The van der Waals surface area contributed by atoms with E-state index in [1.807, 2.05) is 19.2 Å². The molecule has 0 bridgehead atoms. The van der Waals surface area contributed by atoms with Crippen LogP contribution in [0, 0.1) is 20.8 Å². The Morgan fingerprint density at radius 1 is 1.26 bits per heavy atom. The molecule has 0 spiro atoms. The van der Waals surface area contributed by atoms with Crippen LogP contribution in [0.2, 0.25) is 0 Å². The fourth-order valence-corrected chi connectivity index (χ4v) is 4.17. The molecule has 0 aliphatic heterocycles. The molecule has 0 saturated heterocycles. The Kier molecular flexibility index (Phi) is 4.49. The summed E-state index contributed by atoms with van der Waals surface area (Å²) in [6, 6.07) is 7.70. The molecule has 0 aliphatic rings. The SMILES string of the molecule is Cc1cc(C)c2nc(N(CCn3cccn3)C(=O)c3cc(C)on3)sc2c1. The second-order valence-corrected chi connectivity index (χ2v) is 7.48. The van der Waals surface area contributed by atoms with E-state index in [2.05, 4.69) is 29.3 Å². The number of aromatic nitrogens is 4. The molecule has 3 aromatic heterocycles. The van der Waals surface area contributed by atoms with Gasteiger partial charge < -0.3 is 4.52 Å². The molecule has 0 atom stereocenters. The number of rotatable bonds is 5. The van der Waals surface area contributed by atoms with E-state index in [9.17, 15) is 4.79 Å². The second-order valence-electron chi connectivity index (χ2n) is 6.47. The van der Waals surface area contributed by atoms with Gasteiger partial charge in [-0.2, -0.15) is 5.10 Å². The highest BCUT2D eigenvalue weighted by molar-refractivity contribution is 7.22. The smallest absolute Gasteiger partial charge is 0.282 e. The number of hydrogen-bond donors (Lipinski definition) is 0. The maximum Gasteiger partial charge on any atom is 0.282 e. The van der Waals surface area contributed by atoms with Gasteiger partial charge in [0.15, 0.2) is 10.8 Å². The summed E-state index contributed by atoms with van der Waals surface area (Å²) < 4.78 is 7.94. The lowest BCUT2D eigenvalue weighted by Gasteiger charge is -2.18. The number of nitrogens with zero attached hydrogens (tertiary/aromatic N) is 5. The summed E-state index contributed by atoms with van der Waals surface area (Å²) in [4.78, 5) is 19.5. The molecule has 0 fully saturated rings. The van der Waals surface area contributed by atoms with E-state index in [4.69, 9.17) is 9.51 Å². The van der Waals surface area contributed by atoms with Gasteiger partial charge in [-0.3, -0.25) is 14.4 Å². The lowest BCUT2D eigenvalue weighted by Crippen LogP contribution is -2.34. The molecule has 1 amide bonds. The van der Waals surface area contributed by atoms with Crippen molar-refractivity contribution in [1.29, 1.82) is 0 Å². The molecule has 0 N–H and O–H groups in total. The van der Waals surface area contributed by atoms with Crippen molar-refractivity contribution in [3.05, 3.63) is 59.2 Å². The lowest BCUT2D eigenvalue weighted by atomic mass is 10.1. The van der Waals surface area contributed by atoms with Crippen molar-refractivity contribution in [3.63, 3.8) is 0 Å². The quantitative estimate of drug-likeness (QED) is 0.526. The molecule has 0 saturated carbocycles. The highest BCUT2D eigenvalue weighted by Crippen LogP contribution is 2.32. The van der Waals surface area contributed by atoms with Crippen molar-refractivity contribution in [2.75, 3.05) is 11.4 Å². The summed E-state index contributed by atoms with van der Waals surface area (Å²) in [7, 11) is 0. The van der Waals surface area contributed by atoms with Crippen molar-refractivity contribution < 1.29 is 9.32 Å². The molecule has 3 heterocycles. The third-order valence-corrected chi connectivity index (χ3v) is 5.28. The summed E-state index contributed by atoms with van der Waals surface area (Å²) in [5.41, 5.74) is 3.48. The minimum absolute atomic E-state index is 0.229. The average Bonchev–Trinajstić information content (AvgIpc) is 3.35. The third-order valence-electron chi connectivity index (χ3n) is 4.25. The first-order valence-electron chi connectivity index (χ1n) is 8.61. The van der Waals surface area contributed by atoms with E-state index in [0.29, 0.717) is 24.0 Å². The predicted octanol–water partition coefficient (Wildman–Crippen LogP) is 3.75. The van der Waals surface area contributed by atoms with Gasteiger partial charge in [0.05, 0.1) is 16.8 Å². The molecule has 1 aromatic carbocycles. The maximum atomic E-state index is 13.1. The van der Waals surface area contributed by atoms with Crippen molar-refractivity contribution in [2.45, 2.75) is 27.3 Å². The Balaban J connectivity index is 1.72. The highest BCUT2D eigenvalue weighted by Gasteiger charge is 2.24. The van der Waals surface area contributed by atoms with Crippen LogP contribution in [0.15, 0.2) is 41.2 Å². The average molecular weight is 381 g/mol. The van der Waals surface area contributed by atoms with Crippen LogP contribution in [0.5, 0.6) is 0 Å². The first-order chi connectivity index (χ1) is 13.0. The molecular weight excluding hydrogens is 362 g/mol. The molecule has 7 nitrogen and oxygen atoms in total. The van der Waals surface area contributed by atoms with E-state index in [0.717, 1.165) is 15.8 Å². The Labute approximate surface area is 160 Å². The number of thiazole rings is 1. The molecule has 0 radical (unpaired) electrons. The van der Waals surface area contributed by atoms with Gasteiger partial charge in [-0.15, -0.1) is 0 Å². The van der Waals surface area contributed by atoms with Crippen molar-refractivity contribution >= 4 is 32.6 Å². The van der Waals surface area contributed by atoms with Gasteiger partial charge in [0, 0.05) is 25.0 Å². The van der Waals surface area contributed by atoms with E-state index < -0.39 is 0 Å². The van der Waals surface area contributed by atoms with Gasteiger partial charge in [-0.05, 0) is 44.0 Å². The number of fused-ring (bicyclic) bond motifs is 1. The second kappa shape index (κ2) is 6.96. The van der Waals surface area contributed by atoms with E-state index in [-0.39, 0.29) is 11.6 Å². The normalized spacial score (nSPS) is 11.2. The molecular formula is C19H19N5O2S. The fourth-order valence-electron chi connectivity index (χ4n) is 3.00. The summed E-state index contributed by atoms with van der Waals surface area (Å²) in [5, 5.41) is 8.74. The molecule has 4 aromatic rings. The van der Waals surface area contributed by atoms with Gasteiger partial charge in [-0.25, -0.2) is 4.98 Å². The van der Waals surface area contributed by atoms with Crippen LogP contribution in [0.4, 0.5) is 5.13 Å². The Morgan fingerprint density at radius 3 is 2.81 bits per heavy atom. The monoisotopic (exact) mass is 381 g/mol. The van der Waals surface area contributed by atoms with E-state index >= 15 is 0 Å². The minimum Gasteiger partial charge on any atom is -0.361 e. The first kappa shape index (κ1) is 17.4. The van der Waals surface area contributed by atoms with Crippen molar-refractivity contribution in [2.24, 2.45) is 0 Å². The zero-order valence-electron chi connectivity index (χ0n) is 15.3. The van der Waals surface area contributed by atoms with Crippen LogP contribution >= 0.6 is 11.3 Å². The van der Waals surface area contributed by atoms with Crippen LogP contribution in [0.1, 0.15) is 27.4 Å². The number of benzene rings is 1. The third kappa shape index (κ3) is 3.48. The Hall–Kier alpha value is -3.00. The molecule has 4 rings (SSSR count). The Morgan fingerprint density at radius 2 is 2.11 bits per heavy atom. The van der Waals surface area contributed by atoms with Crippen molar-refractivity contribution in [1.82, 2.24) is 19.9 Å². The van der Waals surface area contributed by atoms with Gasteiger partial charge in [0.2, 0.25) is 0 Å². The van der Waals surface area contributed by atoms with Crippen LogP contribution in [-0.4, -0.2) is 32.4 Å². The standard InChI is InChI=1S/C19H19N5O2S/c1-12-9-13(2)17-16(10-12)27-19(21-17)24(8-7-23-6-4-5-20-23)18(25)15-11-14(3)26-22-15/h4-6,9-11H,7-8H2,1-3H3. The number of aryl methyl sites for hydroxylation is 3. The van der Waals surface area contributed by atoms with Crippen LogP contribution in [-0.2, 0) is 6.54 Å². The summed E-state index contributed by atoms with van der Waals surface area (Å²) >= 11 is 1.51. The van der Waals surface area contributed by atoms with Gasteiger partial charge in [0.1, 0.15) is 5.76 Å². The molecule has 8 heteroatoms. The number of amides is 1. The van der Waals surface area contributed by atoms with Gasteiger partial charge in [0.25, 0.3) is 5.91 Å². The number of hydrogen-bond acceptors (Lipinski definition) is 6. The van der Waals surface area contributed by atoms with Crippen molar-refractivity contribution in [3.8, 4) is 0 Å². The number of carbonyl (C=O) groups is 1. The highest BCUT2D eigenvalue weighted by atomic mass is 32.1. The molecule has 0 aliphatic carbocycles. The van der Waals surface area contributed by atoms with Crippen LogP contribution < -0.4 is 4.90 Å². The van der Waals surface area contributed by atoms with Gasteiger partial charge >= 0.3 is 0 Å². The number of carbonyl (C=O) groups excluding carboxylic acids is 1. The van der Waals surface area contributed by atoms with Crippen LogP contribution in [0.25, 0.3) is 10.2 Å². The Bertz CT molecular complexity index is 1100. The number of anilines is 1. The van der Waals surface area contributed by atoms with E-state index in [1.165, 1.54) is 16.9 Å². The zero-order chi connectivity index (χ0) is 19.0. The summed E-state index contributed by atoms with van der Waals surface area (Å²) in [6.45, 7) is 6.86. The molecule has 27 heavy (non-hydrogen) atoms. The molecule has 138 valence electrons. The minimum atomic E-state index is -0.229. The molecule has 0 unspecified atom stereocenters. The zero-order valence-corrected chi connectivity index (χ0v) is 16.2. The largest absolute Gasteiger partial charge is 0.361 e. The lowest BCUT2D eigenvalue weighted by molar-refractivity contribution is 0.0977. The van der Waals surface area contributed by atoms with Gasteiger partial charge in [-0.1, -0.05) is 22.6 Å².